The van der Waals surface area contributed by atoms with Crippen LogP contribution in [0.2, 0.25) is 0 Å². The van der Waals surface area contributed by atoms with Crippen molar-refractivity contribution in [2.75, 3.05) is 118 Å². The molecule has 0 unspecified atom stereocenters. The molecule has 0 atom stereocenters. The molecule has 0 aromatic heterocycles. The van der Waals surface area contributed by atoms with E-state index < -0.39 is 0 Å². The zero-order chi connectivity index (χ0) is 76.8. The van der Waals surface area contributed by atoms with Crippen molar-refractivity contribution < 1.29 is 57.2 Å². The fourth-order valence-electron chi connectivity index (χ4n) is 12.9. The molecule has 588 valence electrons. The molecule has 1 heterocycles. The Morgan fingerprint density at radius 1 is 0.194 bits per heavy atom. The van der Waals surface area contributed by atoms with Crippen molar-refractivity contribution in [1.29, 1.82) is 0 Å². The van der Waals surface area contributed by atoms with Gasteiger partial charge in [-0.05, 0) is 184 Å². The molecule has 0 radical (unpaired) electrons. The number of unbranched alkanes of at least 4 members (excludes halogenated alkanes) is 18. The predicted molar refractivity (Wildman–Crippen MR) is 432 cm³/mol. The van der Waals surface area contributed by atoms with Crippen LogP contribution in [0, 0.1) is 0 Å². The number of hydrogen-bond acceptors (Lipinski definition) is 12. The van der Waals surface area contributed by atoms with Gasteiger partial charge in [-0.15, -0.1) is 0 Å². The lowest BCUT2D eigenvalue weighted by Crippen LogP contribution is -2.50. The second-order valence-electron chi connectivity index (χ2n) is 28.4. The Morgan fingerprint density at radius 3 is 0.426 bits per heavy atom. The van der Waals surface area contributed by atoms with Crippen LogP contribution >= 0.6 is 0 Å². The monoisotopic (exact) mass is 1480 g/mol. The molecule has 0 bridgehead atoms. The Labute approximate surface area is 646 Å². The second-order valence-corrected chi connectivity index (χ2v) is 28.4. The molecule has 0 saturated carbocycles. The number of nitrogens with zero attached hydrogens (tertiary/aromatic N) is 6. The first kappa shape index (κ1) is 86.2. The lowest BCUT2D eigenvalue weighted by molar-refractivity contribution is 0.0535. The maximum atomic E-state index is 15.4. The van der Waals surface area contributed by atoms with Gasteiger partial charge in [0.1, 0.15) is 34.5 Å². The Hall–Kier alpha value is -9.06. The molecule has 108 heavy (non-hydrogen) atoms. The highest BCUT2D eigenvalue weighted by Crippen LogP contribution is 2.24. The Morgan fingerprint density at radius 2 is 0.315 bits per heavy atom. The largest absolute Gasteiger partial charge is 0.494 e. The maximum Gasteiger partial charge on any atom is 0.253 e. The molecular weight excluding hydrogens is 1360 g/mol. The van der Waals surface area contributed by atoms with Gasteiger partial charge in [-0.25, -0.2) is 0 Å². The number of carbonyl (C=O) groups excluding carboxylic acids is 6. The SMILES string of the molecule is CCCCCCOc1ccc(C(=O)N2CCN(C(=O)c3ccc(OCCCCCC)cc3)CCN(C(=O)c3ccc(OCCCCCC)cc3)CCN(C(=O)c3ccc(OCCCCCC)cc3)CCN(C(=O)c3ccc(OCCCCCC)cc3)CCN(C(=O)c3ccc(OCCCCCC)cc3)CC2)cc1. The van der Waals surface area contributed by atoms with Crippen molar-refractivity contribution in [2.45, 2.75) is 196 Å². The van der Waals surface area contributed by atoms with E-state index in [0.717, 1.165) is 154 Å². The van der Waals surface area contributed by atoms with Crippen LogP contribution in [0.4, 0.5) is 0 Å². The highest BCUT2D eigenvalue weighted by atomic mass is 16.5. The summed E-state index contributed by atoms with van der Waals surface area (Å²) in [5.74, 6) is 1.85. The fourth-order valence-corrected chi connectivity index (χ4v) is 12.9. The lowest BCUT2D eigenvalue weighted by Gasteiger charge is -2.35. The van der Waals surface area contributed by atoms with Crippen LogP contribution in [0.15, 0.2) is 146 Å². The summed E-state index contributed by atoms with van der Waals surface area (Å²) in [5, 5.41) is 0. The third-order valence-corrected chi connectivity index (χ3v) is 19.8. The first-order chi connectivity index (χ1) is 52.9. The van der Waals surface area contributed by atoms with Gasteiger partial charge in [-0.2, -0.15) is 0 Å². The quantitative estimate of drug-likeness (QED) is 0.0332. The minimum Gasteiger partial charge on any atom is -0.494 e. The van der Waals surface area contributed by atoms with Crippen LogP contribution in [-0.4, -0.2) is 183 Å². The van der Waals surface area contributed by atoms with E-state index in [1.54, 1.807) is 175 Å². The van der Waals surface area contributed by atoms with E-state index in [4.69, 9.17) is 28.4 Å². The molecule has 1 fully saturated rings. The normalized spacial score (nSPS) is 13.5. The zero-order valence-corrected chi connectivity index (χ0v) is 66.1. The summed E-state index contributed by atoms with van der Waals surface area (Å²) < 4.78 is 36.8. The van der Waals surface area contributed by atoms with Crippen LogP contribution in [0.3, 0.4) is 0 Å². The molecular formula is C90H126N6O12. The highest BCUT2D eigenvalue weighted by molar-refractivity contribution is 5.98. The van der Waals surface area contributed by atoms with Gasteiger partial charge in [0.25, 0.3) is 35.4 Å². The fraction of sp³-hybridized carbons (Fsp3) is 0.533. The summed E-state index contributed by atoms with van der Waals surface area (Å²) in [7, 11) is 0. The number of benzene rings is 6. The number of ether oxygens (including phenoxy) is 6. The standard InChI is InChI=1S/C90H126N6O12/c1-7-13-19-25-67-103-79-43-31-73(32-44-79)85(97)91-55-57-92(86(98)74-33-45-80(46-34-74)104-68-26-20-14-8-2)59-61-94(88(100)76-37-49-82(50-38-76)106-70-28-22-16-10-4)63-65-96(90(102)78-41-53-84(54-42-78)108-72-30-24-18-12-6)66-64-95(89(101)77-39-51-83(52-40-77)107-71-29-23-17-11-5)62-60-93(58-56-91)87(99)75-35-47-81(48-36-75)105-69-27-21-15-9-3/h31-54H,7-30,55-72H2,1-6H3. The van der Waals surface area contributed by atoms with E-state index in [-0.39, 0.29) is 114 Å². The summed E-state index contributed by atoms with van der Waals surface area (Å²) >= 11 is 0. The summed E-state index contributed by atoms with van der Waals surface area (Å²) in [6.07, 6.45) is 25.1. The van der Waals surface area contributed by atoms with Crippen LogP contribution in [0.25, 0.3) is 0 Å². The third-order valence-electron chi connectivity index (χ3n) is 19.8. The van der Waals surface area contributed by atoms with Gasteiger partial charge >= 0.3 is 0 Å². The van der Waals surface area contributed by atoms with Crippen LogP contribution in [-0.2, 0) is 0 Å². The molecule has 18 heteroatoms. The molecule has 18 nitrogen and oxygen atoms in total. The topological polar surface area (TPSA) is 177 Å². The summed E-state index contributed by atoms with van der Waals surface area (Å²) in [4.78, 5) is 103. The minimum atomic E-state index is -0.329. The van der Waals surface area contributed by atoms with Crippen molar-refractivity contribution in [3.63, 3.8) is 0 Å². The van der Waals surface area contributed by atoms with Crippen molar-refractivity contribution in [2.24, 2.45) is 0 Å². The lowest BCUT2D eigenvalue weighted by atomic mass is 10.1. The predicted octanol–water partition coefficient (Wildman–Crippen LogP) is 18.6. The van der Waals surface area contributed by atoms with Crippen molar-refractivity contribution in [3.05, 3.63) is 179 Å². The average Bonchev–Trinajstić information content (AvgIpc) is 0.836. The van der Waals surface area contributed by atoms with Gasteiger partial charge in [0.2, 0.25) is 0 Å². The zero-order valence-electron chi connectivity index (χ0n) is 66.1. The first-order valence-corrected chi connectivity index (χ1v) is 41.0. The number of rotatable bonds is 42. The Bertz CT molecular complexity index is 2890. The van der Waals surface area contributed by atoms with E-state index in [9.17, 15) is 0 Å². The van der Waals surface area contributed by atoms with Gasteiger partial charge in [0.05, 0.1) is 39.6 Å². The van der Waals surface area contributed by atoms with E-state index in [1.165, 1.54) is 0 Å². The maximum absolute atomic E-state index is 15.4. The van der Waals surface area contributed by atoms with Gasteiger partial charge in [-0.3, -0.25) is 28.8 Å². The van der Waals surface area contributed by atoms with Crippen molar-refractivity contribution in [1.82, 2.24) is 29.4 Å². The Kier molecular flexibility index (Phi) is 40.3. The van der Waals surface area contributed by atoms with E-state index in [2.05, 4.69) is 41.5 Å². The molecule has 6 amide bonds. The molecule has 1 saturated heterocycles. The van der Waals surface area contributed by atoms with Gasteiger partial charge in [0.15, 0.2) is 0 Å². The van der Waals surface area contributed by atoms with E-state index in [0.29, 0.717) is 108 Å². The number of hydrogen-bond donors (Lipinski definition) is 0. The van der Waals surface area contributed by atoms with Gasteiger partial charge in [0, 0.05) is 112 Å². The van der Waals surface area contributed by atoms with Crippen molar-refractivity contribution >= 4 is 35.4 Å². The molecule has 1 aliphatic heterocycles. The van der Waals surface area contributed by atoms with E-state index >= 15 is 28.8 Å². The molecule has 0 spiro atoms. The number of amides is 6. The number of carbonyl (C=O) groups is 6. The third kappa shape index (κ3) is 30.5. The molecule has 0 aliphatic carbocycles. The molecule has 1 aliphatic rings. The molecule has 6 aromatic rings. The van der Waals surface area contributed by atoms with Gasteiger partial charge < -0.3 is 57.8 Å². The Balaban J connectivity index is 1.33. The molecule has 0 N–H and O–H groups in total. The summed E-state index contributed by atoms with van der Waals surface area (Å²) in [5.41, 5.74) is 2.32. The van der Waals surface area contributed by atoms with Gasteiger partial charge in [-0.1, -0.05) is 157 Å². The second kappa shape index (κ2) is 50.5. The first-order valence-electron chi connectivity index (χ1n) is 41.0. The smallest absolute Gasteiger partial charge is 0.253 e. The van der Waals surface area contributed by atoms with Crippen molar-refractivity contribution in [3.8, 4) is 34.5 Å². The molecule has 7 rings (SSSR count). The van der Waals surface area contributed by atoms with Crippen LogP contribution < -0.4 is 28.4 Å². The van der Waals surface area contributed by atoms with E-state index in [1.807, 2.05) is 0 Å². The average molecular weight is 1480 g/mol. The summed E-state index contributed by atoms with van der Waals surface area (Å²) in [6.45, 7) is 16.6. The minimum absolute atomic E-state index is 0.0212. The highest BCUT2D eigenvalue weighted by Gasteiger charge is 2.29. The van der Waals surface area contributed by atoms with Crippen LogP contribution in [0.1, 0.15) is 258 Å². The summed E-state index contributed by atoms with van der Waals surface area (Å²) in [6, 6.07) is 42.6. The molecule has 6 aromatic carbocycles. The van der Waals surface area contributed by atoms with Crippen LogP contribution in [0.5, 0.6) is 34.5 Å².